The van der Waals surface area contributed by atoms with Crippen molar-refractivity contribution in [2.75, 3.05) is 12.4 Å². The van der Waals surface area contributed by atoms with E-state index in [2.05, 4.69) is 0 Å². The molecule has 1 fully saturated rings. The van der Waals surface area contributed by atoms with E-state index in [-0.39, 0.29) is 20.2 Å². The molecule has 1 aromatic carbocycles. The molecule has 0 atom stereocenters. The molecule has 0 bridgehead atoms. The zero-order valence-electron chi connectivity index (χ0n) is 11.0. The van der Waals surface area contributed by atoms with Gasteiger partial charge in [0.25, 0.3) is 0 Å². The quantitative estimate of drug-likeness (QED) is 0.430. The van der Waals surface area contributed by atoms with Crippen molar-refractivity contribution in [3.8, 4) is 0 Å². The summed E-state index contributed by atoms with van der Waals surface area (Å²) in [7, 11) is 0. The fourth-order valence-corrected chi connectivity index (χ4v) is 3.75. The first-order chi connectivity index (χ1) is 9.99. The van der Waals surface area contributed by atoms with Gasteiger partial charge in [0.15, 0.2) is 0 Å². The number of aryl methyl sites for hydroxylation is 1. The normalized spacial score (nSPS) is 16.3. The Kier molecular flexibility index (Phi) is 5.87. The average molecular weight is 364 g/mol. The van der Waals surface area contributed by atoms with Gasteiger partial charge in [-0.3, -0.25) is 10.1 Å². The lowest BCUT2D eigenvalue weighted by Crippen LogP contribution is -2.04. The summed E-state index contributed by atoms with van der Waals surface area (Å²) in [5, 5.41) is 11.6. The minimum absolute atomic E-state index is 0.143. The molecule has 21 heavy (non-hydrogen) atoms. The second kappa shape index (κ2) is 7.45. The van der Waals surface area contributed by atoms with Gasteiger partial charge in [-0.25, -0.2) is 0 Å². The van der Waals surface area contributed by atoms with Crippen molar-refractivity contribution in [3.63, 3.8) is 0 Å². The number of halogens is 2. The van der Waals surface area contributed by atoms with Crippen LogP contribution in [-0.4, -0.2) is 17.3 Å². The highest BCUT2D eigenvalue weighted by Gasteiger charge is 2.31. The number of ether oxygens (including phenoxy) is 1. The number of nitrogens with zero attached hydrogens (tertiary/aromatic N) is 1. The smallest absolute Gasteiger partial charge is 0.333 e. The van der Waals surface area contributed by atoms with E-state index in [0.29, 0.717) is 12.4 Å². The molecule has 1 aliphatic heterocycles. The highest BCUT2D eigenvalue weighted by Crippen LogP contribution is 2.41. The highest BCUT2D eigenvalue weighted by molar-refractivity contribution is 8.04. The van der Waals surface area contributed by atoms with Crippen LogP contribution in [0.15, 0.2) is 49.3 Å². The van der Waals surface area contributed by atoms with E-state index in [1.807, 2.05) is 31.2 Å². The van der Waals surface area contributed by atoms with Crippen LogP contribution in [-0.2, 0) is 4.74 Å². The molecule has 112 valence electrons. The van der Waals surface area contributed by atoms with Crippen LogP contribution in [0.25, 0.3) is 0 Å². The van der Waals surface area contributed by atoms with Crippen LogP contribution in [0.2, 0.25) is 0 Å². The van der Waals surface area contributed by atoms with Gasteiger partial charge in [0.05, 0.1) is 11.5 Å². The largest absolute Gasteiger partial charge is 0.481 e. The number of rotatable bonds is 4. The average Bonchev–Trinajstić information content (AvgIpc) is 2.93. The van der Waals surface area contributed by atoms with Gasteiger partial charge in [0.1, 0.15) is 9.40 Å². The summed E-state index contributed by atoms with van der Waals surface area (Å²) < 4.78 is 5.16. The van der Waals surface area contributed by atoms with Crippen molar-refractivity contribution in [3.05, 3.63) is 60.1 Å². The summed E-state index contributed by atoms with van der Waals surface area (Å²) in [5.41, 5.74) is 0.924. The number of thioether (sulfide) groups is 2. The third kappa shape index (κ3) is 4.32. The third-order valence-corrected chi connectivity index (χ3v) is 5.21. The van der Waals surface area contributed by atoms with Gasteiger partial charge in [-0.15, -0.1) is 0 Å². The molecular weight excluding hydrogens is 353 g/mol. The Balaban J connectivity index is 2.38. The van der Waals surface area contributed by atoms with Gasteiger partial charge in [-0.05, 0) is 19.1 Å². The van der Waals surface area contributed by atoms with Crippen molar-refractivity contribution in [2.24, 2.45) is 0 Å². The van der Waals surface area contributed by atoms with Crippen LogP contribution in [0.4, 0.5) is 0 Å². The summed E-state index contributed by atoms with van der Waals surface area (Å²) in [5.74, 6) is 0.676. The molecule has 1 saturated heterocycles. The zero-order chi connectivity index (χ0) is 15.4. The van der Waals surface area contributed by atoms with Gasteiger partial charge >= 0.3 is 5.70 Å². The van der Waals surface area contributed by atoms with Crippen LogP contribution in [0, 0.1) is 17.0 Å². The summed E-state index contributed by atoms with van der Waals surface area (Å²) >= 11 is 14.2. The topological polar surface area (TPSA) is 52.4 Å². The first-order valence-electron chi connectivity index (χ1n) is 5.93. The maximum atomic E-state index is 11.4. The molecule has 0 saturated carbocycles. The van der Waals surface area contributed by atoms with E-state index in [9.17, 15) is 10.1 Å². The molecule has 1 aliphatic rings. The van der Waals surface area contributed by atoms with E-state index in [0.717, 1.165) is 22.2 Å². The predicted octanol–water partition coefficient (Wildman–Crippen LogP) is 4.94. The molecule has 1 aromatic rings. The fourth-order valence-electron chi connectivity index (χ4n) is 1.60. The SMILES string of the molecule is Cc1ccc(SC(=C(Cl)Cl)/C(=C2\OCCS2)[N+](=O)[O-])cc1. The molecule has 0 unspecified atom stereocenters. The Labute approximate surface area is 140 Å². The Morgan fingerprint density at radius 2 is 2.05 bits per heavy atom. The van der Waals surface area contributed by atoms with E-state index in [1.165, 1.54) is 11.8 Å². The summed E-state index contributed by atoms with van der Waals surface area (Å²) in [6.07, 6.45) is 0. The summed E-state index contributed by atoms with van der Waals surface area (Å²) in [6, 6.07) is 7.56. The molecule has 1 heterocycles. The molecule has 0 N–H and O–H groups in total. The van der Waals surface area contributed by atoms with Crippen LogP contribution in [0.1, 0.15) is 5.56 Å². The Hall–Kier alpha value is -0.820. The molecule has 8 heteroatoms. The van der Waals surface area contributed by atoms with Crippen LogP contribution in [0.3, 0.4) is 0 Å². The first-order valence-corrected chi connectivity index (χ1v) is 8.49. The third-order valence-electron chi connectivity index (χ3n) is 2.55. The van der Waals surface area contributed by atoms with E-state index in [1.54, 1.807) is 0 Å². The minimum atomic E-state index is -0.505. The number of hydrogen-bond donors (Lipinski definition) is 0. The van der Waals surface area contributed by atoms with Gasteiger partial charge in [0.2, 0.25) is 5.09 Å². The highest BCUT2D eigenvalue weighted by atomic mass is 35.5. The lowest BCUT2D eigenvalue weighted by Gasteiger charge is -2.07. The van der Waals surface area contributed by atoms with Crippen molar-refractivity contribution >= 4 is 46.7 Å². The monoisotopic (exact) mass is 363 g/mol. The summed E-state index contributed by atoms with van der Waals surface area (Å²) in [6.45, 7) is 2.41. The maximum Gasteiger partial charge on any atom is 0.333 e. The van der Waals surface area contributed by atoms with Gasteiger partial charge in [0, 0.05) is 10.6 Å². The Bertz CT molecular complexity index is 602. The van der Waals surface area contributed by atoms with Gasteiger partial charge in [-0.1, -0.05) is 64.4 Å². The van der Waals surface area contributed by atoms with Crippen molar-refractivity contribution in [1.29, 1.82) is 0 Å². The number of benzene rings is 1. The second-order valence-electron chi connectivity index (χ2n) is 4.09. The Morgan fingerprint density at radius 1 is 1.38 bits per heavy atom. The molecule has 0 amide bonds. The Morgan fingerprint density at radius 3 is 2.52 bits per heavy atom. The lowest BCUT2D eigenvalue weighted by atomic mass is 10.2. The fraction of sp³-hybridized carbons (Fsp3) is 0.231. The molecule has 0 spiro atoms. The molecule has 0 aliphatic carbocycles. The van der Waals surface area contributed by atoms with E-state index < -0.39 is 4.92 Å². The van der Waals surface area contributed by atoms with Gasteiger partial charge < -0.3 is 4.74 Å². The molecule has 4 nitrogen and oxygen atoms in total. The standard InChI is InChI=1S/C13H11Cl2NO3S2/c1-8-2-4-9(5-3-8)21-11(12(14)15)10(16(17)18)13-19-6-7-20-13/h2-5H,6-7H2,1H3/b13-10-. The molecule has 0 radical (unpaired) electrons. The summed E-state index contributed by atoms with van der Waals surface area (Å²) in [4.78, 5) is 11.9. The molecule has 0 aromatic heterocycles. The maximum absolute atomic E-state index is 11.4. The van der Waals surface area contributed by atoms with Crippen molar-refractivity contribution in [1.82, 2.24) is 0 Å². The number of nitro groups is 1. The predicted molar refractivity (Wildman–Crippen MR) is 88.2 cm³/mol. The van der Waals surface area contributed by atoms with E-state index in [4.69, 9.17) is 27.9 Å². The van der Waals surface area contributed by atoms with Crippen LogP contribution >= 0.6 is 46.7 Å². The first kappa shape index (κ1) is 16.5. The van der Waals surface area contributed by atoms with Crippen molar-refractivity contribution < 1.29 is 9.66 Å². The van der Waals surface area contributed by atoms with E-state index >= 15 is 0 Å². The van der Waals surface area contributed by atoms with Crippen LogP contribution in [0.5, 0.6) is 0 Å². The number of hydrogen-bond acceptors (Lipinski definition) is 5. The molecule has 2 rings (SSSR count). The lowest BCUT2D eigenvalue weighted by molar-refractivity contribution is -0.421. The van der Waals surface area contributed by atoms with Crippen LogP contribution < -0.4 is 0 Å². The van der Waals surface area contributed by atoms with Crippen molar-refractivity contribution in [2.45, 2.75) is 11.8 Å². The minimum Gasteiger partial charge on any atom is -0.481 e. The molecular formula is C13H11Cl2NO3S2. The van der Waals surface area contributed by atoms with Gasteiger partial charge in [-0.2, -0.15) is 0 Å². The second-order valence-corrected chi connectivity index (χ2v) is 7.20. The zero-order valence-corrected chi connectivity index (χ0v) is 14.1.